The van der Waals surface area contributed by atoms with E-state index in [1.165, 1.54) is 25.7 Å². The van der Waals surface area contributed by atoms with Crippen molar-refractivity contribution >= 4 is 0 Å². The van der Waals surface area contributed by atoms with Gasteiger partial charge in [0, 0.05) is 24.9 Å². The number of nitrogens with one attached hydrogen (secondary N) is 1. The largest absolute Gasteiger partial charge is 0.349 e. The average molecular weight is 221 g/mol. The van der Waals surface area contributed by atoms with Crippen LogP contribution in [-0.4, -0.2) is 16.0 Å². The van der Waals surface area contributed by atoms with Gasteiger partial charge in [-0.05, 0) is 24.2 Å². The van der Waals surface area contributed by atoms with Crippen LogP contribution in [0.3, 0.4) is 0 Å². The van der Waals surface area contributed by atoms with Crippen LogP contribution in [0.4, 0.5) is 0 Å². The summed E-state index contributed by atoms with van der Waals surface area (Å²) in [6.07, 6.45) is 9.82. The fourth-order valence-corrected chi connectivity index (χ4v) is 3.09. The van der Waals surface area contributed by atoms with E-state index in [9.17, 15) is 0 Å². The van der Waals surface area contributed by atoms with Crippen LogP contribution in [-0.2, 0) is 6.42 Å². The van der Waals surface area contributed by atoms with E-state index in [2.05, 4.69) is 23.8 Å². The van der Waals surface area contributed by atoms with Crippen molar-refractivity contribution in [1.29, 1.82) is 0 Å². The van der Waals surface area contributed by atoms with Gasteiger partial charge in [0.05, 0.1) is 0 Å². The molecule has 3 N–H and O–H groups in total. The highest BCUT2D eigenvalue weighted by atomic mass is 14.9. The van der Waals surface area contributed by atoms with Gasteiger partial charge >= 0.3 is 0 Å². The van der Waals surface area contributed by atoms with Crippen LogP contribution in [0.5, 0.6) is 0 Å². The molecule has 2 unspecified atom stereocenters. The van der Waals surface area contributed by atoms with Crippen molar-refractivity contribution in [2.24, 2.45) is 17.1 Å². The number of hydrogen-bond donors (Lipinski definition) is 2. The van der Waals surface area contributed by atoms with Crippen molar-refractivity contribution in [2.75, 3.05) is 0 Å². The Kier molecular flexibility index (Phi) is 3.33. The molecule has 90 valence electrons. The van der Waals surface area contributed by atoms with Gasteiger partial charge in [0.25, 0.3) is 0 Å². The Balaban J connectivity index is 2.00. The molecule has 1 aliphatic rings. The molecule has 1 aromatic rings. The van der Waals surface area contributed by atoms with Gasteiger partial charge in [0.15, 0.2) is 0 Å². The predicted molar refractivity (Wildman–Crippen MR) is 66.0 cm³/mol. The van der Waals surface area contributed by atoms with E-state index >= 15 is 0 Å². The third-order valence-corrected chi connectivity index (χ3v) is 4.09. The first-order valence-electron chi connectivity index (χ1n) is 6.33. The third-order valence-electron chi connectivity index (χ3n) is 4.09. The molecule has 1 fully saturated rings. The Hall–Kier alpha value is -0.830. The first-order chi connectivity index (χ1) is 7.59. The van der Waals surface area contributed by atoms with Crippen LogP contribution in [0, 0.1) is 11.3 Å². The van der Waals surface area contributed by atoms with Crippen LogP contribution in [0.1, 0.15) is 45.4 Å². The molecule has 0 radical (unpaired) electrons. The predicted octanol–water partition coefficient (Wildman–Crippen LogP) is 2.50. The molecule has 2 rings (SSSR count). The van der Waals surface area contributed by atoms with E-state index in [-0.39, 0.29) is 6.04 Å². The summed E-state index contributed by atoms with van der Waals surface area (Å²) in [5.41, 5.74) is 6.75. The number of nitrogens with two attached hydrogens (primary N) is 1. The number of aromatic nitrogens is 2. The van der Waals surface area contributed by atoms with Crippen molar-refractivity contribution in [3.8, 4) is 0 Å². The highest BCUT2D eigenvalue weighted by molar-refractivity contribution is 4.96. The molecule has 0 saturated heterocycles. The number of nitrogens with zero attached hydrogens (tertiary/aromatic N) is 1. The monoisotopic (exact) mass is 221 g/mol. The van der Waals surface area contributed by atoms with E-state index < -0.39 is 0 Å². The minimum Gasteiger partial charge on any atom is -0.349 e. The maximum atomic E-state index is 6.36. The number of hydrogen-bond acceptors (Lipinski definition) is 2. The lowest BCUT2D eigenvalue weighted by molar-refractivity contribution is 0.112. The zero-order chi connectivity index (χ0) is 11.6. The van der Waals surface area contributed by atoms with E-state index in [0.29, 0.717) is 11.3 Å². The van der Waals surface area contributed by atoms with Crippen molar-refractivity contribution < 1.29 is 0 Å². The fraction of sp³-hybridized carbons (Fsp3) is 0.769. The number of imidazole rings is 1. The van der Waals surface area contributed by atoms with Gasteiger partial charge in [-0.3, -0.25) is 0 Å². The maximum absolute atomic E-state index is 6.36. The molecular weight excluding hydrogens is 198 g/mol. The summed E-state index contributed by atoms with van der Waals surface area (Å²) in [6.45, 7) is 4.72. The van der Waals surface area contributed by atoms with Gasteiger partial charge in [-0.15, -0.1) is 0 Å². The lowest BCUT2D eigenvalue weighted by Crippen LogP contribution is -2.43. The number of aromatic amines is 1. The van der Waals surface area contributed by atoms with Crippen LogP contribution < -0.4 is 5.73 Å². The van der Waals surface area contributed by atoms with Crippen LogP contribution in [0.15, 0.2) is 12.4 Å². The Morgan fingerprint density at radius 1 is 1.56 bits per heavy atom. The second-order valence-corrected chi connectivity index (χ2v) is 5.74. The van der Waals surface area contributed by atoms with Crippen LogP contribution in [0.25, 0.3) is 0 Å². The molecule has 16 heavy (non-hydrogen) atoms. The standard InChI is InChI=1S/C13H23N3/c1-13(2)6-4-3-5-10(13)11(14)9-12-15-7-8-16-12/h7-8,10-11H,3-6,9,14H2,1-2H3,(H,15,16). The van der Waals surface area contributed by atoms with Crippen molar-refractivity contribution in [3.05, 3.63) is 18.2 Å². The molecule has 2 atom stereocenters. The maximum Gasteiger partial charge on any atom is 0.107 e. The molecule has 0 spiro atoms. The van der Waals surface area contributed by atoms with E-state index in [0.717, 1.165) is 12.2 Å². The van der Waals surface area contributed by atoms with Gasteiger partial charge < -0.3 is 10.7 Å². The molecule has 1 saturated carbocycles. The van der Waals surface area contributed by atoms with Gasteiger partial charge in [-0.1, -0.05) is 26.7 Å². The summed E-state index contributed by atoms with van der Waals surface area (Å²) in [5.74, 6) is 1.65. The molecule has 0 aromatic carbocycles. The molecular formula is C13H23N3. The zero-order valence-electron chi connectivity index (χ0n) is 10.4. The Morgan fingerprint density at radius 3 is 3.00 bits per heavy atom. The number of H-pyrrole nitrogens is 1. The minimum absolute atomic E-state index is 0.237. The van der Waals surface area contributed by atoms with Gasteiger partial charge in [0.1, 0.15) is 5.82 Å². The fourth-order valence-electron chi connectivity index (χ4n) is 3.09. The second-order valence-electron chi connectivity index (χ2n) is 5.74. The molecule has 0 amide bonds. The molecule has 0 bridgehead atoms. The molecule has 1 aliphatic carbocycles. The summed E-state index contributed by atoms with van der Waals surface area (Å²) in [6, 6.07) is 0.237. The average Bonchev–Trinajstić information content (AvgIpc) is 2.69. The first kappa shape index (κ1) is 11.6. The smallest absolute Gasteiger partial charge is 0.107 e. The van der Waals surface area contributed by atoms with Crippen molar-refractivity contribution in [2.45, 2.75) is 52.0 Å². The lowest BCUT2D eigenvalue weighted by Gasteiger charge is -2.41. The summed E-state index contributed by atoms with van der Waals surface area (Å²) in [5, 5.41) is 0. The Morgan fingerprint density at radius 2 is 2.38 bits per heavy atom. The third kappa shape index (κ3) is 2.46. The van der Waals surface area contributed by atoms with Crippen molar-refractivity contribution in [1.82, 2.24) is 9.97 Å². The summed E-state index contributed by atoms with van der Waals surface area (Å²) in [7, 11) is 0. The van der Waals surface area contributed by atoms with E-state index in [4.69, 9.17) is 5.73 Å². The SMILES string of the molecule is CC1(C)CCCCC1C(N)Cc1ncc[nH]1. The first-order valence-corrected chi connectivity index (χ1v) is 6.33. The topological polar surface area (TPSA) is 54.7 Å². The molecule has 1 heterocycles. The summed E-state index contributed by atoms with van der Waals surface area (Å²) < 4.78 is 0. The quantitative estimate of drug-likeness (QED) is 0.824. The second kappa shape index (κ2) is 4.58. The molecule has 3 heteroatoms. The Labute approximate surface area is 97.8 Å². The van der Waals surface area contributed by atoms with Gasteiger partial charge in [-0.2, -0.15) is 0 Å². The minimum atomic E-state index is 0.237. The number of rotatable bonds is 3. The molecule has 3 nitrogen and oxygen atoms in total. The lowest BCUT2D eigenvalue weighted by atomic mass is 9.65. The summed E-state index contributed by atoms with van der Waals surface area (Å²) in [4.78, 5) is 7.41. The van der Waals surface area contributed by atoms with E-state index in [1.54, 1.807) is 6.20 Å². The highest BCUT2D eigenvalue weighted by Gasteiger charge is 2.36. The summed E-state index contributed by atoms with van der Waals surface area (Å²) >= 11 is 0. The van der Waals surface area contributed by atoms with Crippen molar-refractivity contribution in [3.63, 3.8) is 0 Å². The van der Waals surface area contributed by atoms with E-state index in [1.807, 2.05) is 6.20 Å². The van der Waals surface area contributed by atoms with Crippen LogP contribution in [0.2, 0.25) is 0 Å². The van der Waals surface area contributed by atoms with Crippen LogP contribution >= 0.6 is 0 Å². The molecule has 1 aromatic heterocycles. The highest BCUT2D eigenvalue weighted by Crippen LogP contribution is 2.42. The van der Waals surface area contributed by atoms with Gasteiger partial charge in [0.2, 0.25) is 0 Å². The van der Waals surface area contributed by atoms with Gasteiger partial charge in [-0.25, -0.2) is 4.98 Å². The Bertz CT molecular complexity index is 316. The normalized spacial score (nSPS) is 26.6. The molecule has 0 aliphatic heterocycles. The zero-order valence-corrected chi connectivity index (χ0v) is 10.4.